The highest BCUT2D eigenvalue weighted by Crippen LogP contribution is 2.10. The molecule has 0 atom stereocenters. The summed E-state index contributed by atoms with van der Waals surface area (Å²) in [5, 5.41) is 0. The van der Waals surface area contributed by atoms with Crippen LogP contribution in [0.1, 0.15) is 13.8 Å². The average molecular weight is 150 g/mol. The second-order valence-electron chi connectivity index (χ2n) is 1.61. The minimum Gasteiger partial charge on any atom is -0.309 e. The molecule has 1 rings (SSSR count). The minimum absolute atomic E-state index is 0.824. The fourth-order valence-electron chi connectivity index (χ4n) is 0.673. The van der Waals surface area contributed by atoms with Gasteiger partial charge in [-0.3, -0.25) is 0 Å². The van der Waals surface area contributed by atoms with E-state index < -0.39 is 0 Å². The van der Waals surface area contributed by atoms with Crippen molar-refractivity contribution in [2.45, 2.75) is 13.8 Å². The van der Waals surface area contributed by atoms with Crippen LogP contribution < -0.4 is 0 Å². The van der Waals surface area contributed by atoms with Gasteiger partial charge in [0.15, 0.2) is 0 Å². The first-order valence-electron chi connectivity index (χ1n) is 3.64. The Hall–Kier alpha value is -1.31. The second kappa shape index (κ2) is 5.47. The van der Waals surface area contributed by atoms with E-state index in [1.54, 1.807) is 10.8 Å². The number of nitrogens with zero attached hydrogens (tertiary/aromatic N) is 2. The Bertz CT molecular complexity index is 201. The maximum atomic E-state index is 3.74. The zero-order chi connectivity index (χ0) is 8.69. The van der Waals surface area contributed by atoms with E-state index in [1.807, 2.05) is 32.2 Å². The molecule has 1 heterocycles. The van der Waals surface area contributed by atoms with Gasteiger partial charge in [-0.05, 0) is 18.9 Å². The summed E-state index contributed by atoms with van der Waals surface area (Å²) in [6, 6.07) is 3.76. The number of hydrogen-bond donors (Lipinski definition) is 0. The molecule has 0 aliphatic heterocycles. The van der Waals surface area contributed by atoms with Crippen LogP contribution >= 0.6 is 0 Å². The molecule has 2 nitrogen and oxygen atoms in total. The molecule has 0 aliphatic carbocycles. The van der Waals surface area contributed by atoms with Crippen molar-refractivity contribution in [3.63, 3.8) is 0 Å². The van der Waals surface area contributed by atoms with Gasteiger partial charge in [-0.1, -0.05) is 20.4 Å². The standard InChI is InChI=1S/C7H8N2.C2H6/c1-3-9-6-4-5-7(9)8-2;1-2/h3-6H,1-2H2;1-2H3. The summed E-state index contributed by atoms with van der Waals surface area (Å²) in [6.45, 7) is 11.0. The average Bonchev–Trinajstić information content (AvgIpc) is 2.54. The van der Waals surface area contributed by atoms with E-state index in [4.69, 9.17) is 0 Å². The maximum Gasteiger partial charge on any atom is 0.135 e. The molecule has 1 aromatic rings. The van der Waals surface area contributed by atoms with Gasteiger partial charge in [0.2, 0.25) is 0 Å². The van der Waals surface area contributed by atoms with Crippen LogP contribution in [0.3, 0.4) is 0 Å². The van der Waals surface area contributed by atoms with Gasteiger partial charge in [-0.25, -0.2) is 4.99 Å². The molecule has 0 unspecified atom stereocenters. The number of aliphatic imine (C=N–C) groups is 1. The minimum atomic E-state index is 0.824. The van der Waals surface area contributed by atoms with Crippen LogP contribution in [0, 0.1) is 0 Å². The molecule has 0 saturated carbocycles. The van der Waals surface area contributed by atoms with E-state index in [9.17, 15) is 0 Å². The molecule has 11 heavy (non-hydrogen) atoms. The number of rotatable bonds is 2. The van der Waals surface area contributed by atoms with Crippen molar-refractivity contribution in [1.29, 1.82) is 0 Å². The van der Waals surface area contributed by atoms with Crippen LogP contribution in [0.25, 0.3) is 6.20 Å². The summed E-state index contributed by atoms with van der Waals surface area (Å²) in [5.41, 5.74) is 0. The highest BCUT2D eigenvalue weighted by molar-refractivity contribution is 5.45. The molecule has 1 aromatic heterocycles. The lowest BCUT2D eigenvalue weighted by molar-refractivity contribution is 1.16. The molecule has 0 aliphatic rings. The summed E-state index contributed by atoms with van der Waals surface area (Å²) < 4.78 is 1.80. The monoisotopic (exact) mass is 150 g/mol. The summed E-state index contributed by atoms with van der Waals surface area (Å²) in [5.74, 6) is 0.824. The van der Waals surface area contributed by atoms with Crippen LogP contribution in [0.5, 0.6) is 0 Å². The Morgan fingerprint density at radius 1 is 1.55 bits per heavy atom. The number of hydrogen-bond acceptors (Lipinski definition) is 1. The SMILES string of the molecule is C=Cn1cccc1N=C.CC. The fraction of sp³-hybridized carbons (Fsp3) is 0.222. The third-order valence-electron chi connectivity index (χ3n) is 1.12. The van der Waals surface area contributed by atoms with Gasteiger partial charge < -0.3 is 4.57 Å². The van der Waals surface area contributed by atoms with E-state index in [0.29, 0.717) is 0 Å². The van der Waals surface area contributed by atoms with Crippen molar-refractivity contribution >= 4 is 18.7 Å². The van der Waals surface area contributed by atoms with Crippen molar-refractivity contribution in [2.24, 2.45) is 4.99 Å². The zero-order valence-electron chi connectivity index (χ0n) is 7.12. The van der Waals surface area contributed by atoms with Crippen LogP contribution in [0.2, 0.25) is 0 Å². The first kappa shape index (κ1) is 9.69. The molecule has 60 valence electrons. The van der Waals surface area contributed by atoms with E-state index in [1.165, 1.54) is 0 Å². The van der Waals surface area contributed by atoms with Crippen molar-refractivity contribution in [1.82, 2.24) is 4.57 Å². The van der Waals surface area contributed by atoms with Crippen LogP contribution in [-0.4, -0.2) is 11.3 Å². The van der Waals surface area contributed by atoms with E-state index in [0.717, 1.165) is 5.82 Å². The quantitative estimate of drug-likeness (QED) is 0.577. The van der Waals surface area contributed by atoms with Gasteiger partial charge in [0.25, 0.3) is 0 Å². The molecule has 0 radical (unpaired) electrons. The molecule has 0 bridgehead atoms. The maximum absolute atomic E-state index is 3.74. The summed E-state index contributed by atoms with van der Waals surface area (Å²) in [4.78, 5) is 3.74. The summed E-state index contributed by atoms with van der Waals surface area (Å²) in [6.07, 6.45) is 3.56. The molecule has 0 aromatic carbocycles. The lowest BCUT2D eigenvalue weighted by Crippen LogP contribution is -1.77. The topological polar surface area (TPSA) is 17.3 Å². The third-order valence-corrected chi connectivity index (χ3v) is 1.12. The molecule has 2 heteroatoms. The first-order valence-corrected chi connectivity index (χ1v) is 3.64. The molecular weight excluding hydrogens is 136 g/mol. The predicted molar refractivity (Wildman–Crippen MR) is 51.4 cm³/mol. The van der Waals surface area contributed by atoms with Crippen molar-refractivity contribution in [3.05, 3.63) is 24.9 Å². The van der Waals surface area contributed by atoms with Crippen LogP contribution in [-0.2, 0) is 0 Å². The van der Waals surface area contributed by atoms with Gasteiger partial charge in [-0.2, -0.15) is 0 Å². The Labute approximate surface area is 67.9 Å². The Morgan fingerprint density at radius 3 is 2.55 bits per heavy atom. The van der Waals surface area contributed by atoms with Gasteiger partial charge in [0.05, 0.1) is 0 Å². The van der Waals surface area contributed by atoms with E-state index >= 15 is 0 Å². The first-order chi connectivity index (χ1) is 5.38. The normalized spacial score (nSPS) is 7.82. The lowest BCUT2D eigenvalue weighted by atomic mass is 10.6. The lowest BCUT2D eigenvalue weighted by Gasteiger charge is -1.92. The van der Waals surface area contributed by atoms with Gasteiger partial charge in [-0.15, -0.1) is 0 Å². The predicted octanol–water partition coefficient (Wildman–Crippen LogP) is 2.95. The highest BCUT2D eigenvalue weighted by Gasteiger charge is 1.89. The Morgan fingerprint density at radius 2 is 2.18 bits per heavy atom. The van der Waals surface area contributed by atoms with Gasteiger partial charge >= 0.3 is 0 Å². The highest BCUT2D eigenvalue weighted by atomic mass is 15.0. The largest absolute Gasteiger partial charge is 0.309 e. The second-order valence-corrected chi connectivity index (χ2v) is 1.61. The molecule has 0 amide bonds. The Balaban J connectivity index is 0.000000461. The summed E-state index contributed by atoms with van der Waals surface area (Å²) >= 11 is 0. The smallest absolute Gasteiger partial charge is 0.135 e. The van der Waals surface area contributed by atoms with E-state index in [-0.39, 0.29) is 0 Å². The molecule has 0 saturated heterocycles. The van der Waals surface area contributed by atoms with Gasteiger partial charge in [0, 0.05) is 12.4 Å². The zero-order valence-corrected chi connectivity index (χ0v) is 7.12. The number of aromatic nitrogens is 1. The van der Waals surface area contributed by atoms with Crippen molar-refractivity contribution in [3.8, 4) is 0 Å². The summed E-state index contributed by atoms with van der Waals surface area (Å²) in [7, 11) is 0. The fourth-order valence-corrected chi connectivity index (χ4v) is 0.673. The third kappa shape index (κ3) is 2.42. The molecule has 0 fully saturated rings. The van der Waals surface area contributed by atoms with Crippen molar-refractivity contribution in [2.75, 3.05) is 0 Å². The van der Waals surface area contributed by atoms with Gasteiger partial charge in [0.1, 0.15) is 5.82 Å². The Kier molecular flexibility index (Phi) is 4.82. The van der Waals surface area contributed by atoms with Crippen molar-refractivity contribution < 1.29 is 0 Å². The molecular formula is C9H14N2. The van der Waals surface area contributed by atoms with Crippen LogP contribution in [0.15, 0.2) is 29.9 Å². The molecule has 0 spiro atoms. The molecule has 0 N–H and O–H groups in total. The van der Waals surface area contributed by atoms with Crippen LogP contribution in [0.4, 0.5) is 5.82 Å². The van der Waals surface area contributed by atoms with E-state index in [2.05, 4.69) is 18.3 Å².